The minimum atomic E-state index is -4.64. The lowest BCUT2D eigenvalue weighted by atomic mass is 10.0. The number of unbranched alkanes of at least 4 members (excludes halogenated alkanes) is 24. The highest BCUT2D eigenvalue weighted by Crippen LogP contribution is 2.43. The summed E-state index contributed by atoms with van der Waals surface area (Å²) >= 11 is 0. The van der Waals surface area contributed by atoms with E-state index in [0.717, 1.165) is 38.5 Å². The van der Waals surface area contributed by atoms with Crippen LogP contribution < -0.4 is 0 Å². The second-order valence-electron chi connectivity index (χ2n) is 16.5. The van der Waals surface area contributed by atoms with Gasteiger partial charge in [0.15, 0.2) is 6.10 Å². The predicted molar refractivity (Wildman–Crippen MR) is 251 cm³/mol. The number of hydrogen-bond donors (Lipinski definition) is 3. The molecular formula is C50H91O10P. The van der Waals surface area contributed by atoms with Gasteiger partial charge in [0.05, 0.1) is 19.8 Å². The number of allylic oxidation sites excluding steroid dienone is 8. The Morgan fingerprint density at radius 2 is 0.869 bits per heavy atom. The number of hydrogen-bond acceptors (Lipinski definition) is 9. The van der Waals surface area contributed by atoms with Gasteiger partial charge in [0, 0.05) is 12.8 Å². The molecule has 0 aromatic carbocycles. The van der Waals surface area contributed by atoms with Crippen LogP contribution in [0.5, 0.6) is 0 Å². The number of aliphatic hydroxyl groups excluding tert-OH is 2. The van der Waals surface area contributed by atoms with Gasteiger partial charge in [-0.05, 0) is 70.6 Å². The molecule has 0 aliphatic heterocycles. The monoisotopic (exact) mass is 883 g/mol. The molecule has 0 amide bonds. The minimum Gasteiger partial charge on any atom is -0.462 e. The molecular weight excluding hydrogens is 792 g/mol. The van der Waals surface area contributed by atoms with E-state index in [1.54, 1.807) is 0 Å². The minimum absolute atomic E-state index is 0.112. The molecule has 0 fully saturated rings. The van der Waals surface area contributed by atoms with Crippen LogP contribution in [0.15, 0.2) is 48.6 Å². The molecule has 0 rings (SSSR count). The first-order chi connectivity index (χ1) is 29.7. The first-order valence-corrected chi connectivity index (χ1v) is 26.1. The van der Waals surface area contributed by atoms with Crippen molar-refractivity contribution in [2.45, 2.75) is 232 Å². The Labute approximate surface area is 373 Å². The topological polar surface area (TPSA) is 149 Å². The van der Waals surface area contributed by atoms with E-state index < -0.39 is 51.8 Å². The van der Waals surface area contributed by atoms with Crippen LogP contribution in [-0.4, -0.2) is 65.7 Å². The highest BCUT2D eigenvalue weighted by atomic mass is 31.2. The van der Waals surface area contributed by atoms with Crippen LogP contribution in [0.4, 0.5) is 0 Å². The smallest absolute Gasteiger partial charge is 0.462 e. The van der Waals surface area contributed by atoms with Crippen molar-refractivity contribution in [1.29, 1.82) is 0 Å². The molecule has 0 bridgehead atoms. The first-order valence-electron chi connectivity index (χ1n) is 24.6. The second kappa shape index (κ2) is 45.9. The van der Waals surface area contributed by atoms with Crippen molar-refractivity contribution >= 4 is 19.8 Å². The first kappa shape index (κ1) is 58.9. The molecule has 10 nitrogen and oxygen atoms in total. The van der Waals surface area contributed by atoms with E-state index >= 15 is 0 Å². The lowest BCUT2D eigenvalue weighted by Crippen LogP contribution is -2.29. The van der Waals surface area contributed by atoms with Gasteiger partial charge in [-0.2, -0.15) is 0 Å². The molecule has 0 aliphatic rings. The average Bonchev–Trinajstić information content (AvgIpc) is 3.25. The van der Waals surface area contributed by atoms with E-state index in [1.807, 2.05) is 6.08 Å². The summed E-state index contributed by atoms with van der Waals surface area (Å²) in [4.78, 5) is 35.1. The summed E-state index contributed by atoms with van der Waals surface area (Å²) < 4.78 is 32.8. The SMILES string of the molecule is CCCCCCCC/C=C/C/C=C/C/C=C/CCCC(=O)O[C@H](COC(=O)CCCCCCCCCCCCC/C=C/CCCCCCCC)COP(=O)(O)OC[C@@H](O)CO. The molecule has 1 unspecified atom stereocenters. The van der Waals surface area contributed by atoms with E-state index in [-0.39, 0.29) is 19.4 Å². The maximum absolute atomic E-state index is 12.6. The Kier molecular flexibility index (Phi) is 44.4. The van der Waals surface area contributed by atoms with E-state index in [1.165, 1.54) is 135 Å². The normalized spacial score (nSPS) is 14.1. The largest absolute Gasteiger partial charge is 0.472 e. The molecule has 0 saturated heterocycles. The van der Waals surface area contributed by atoms with Crippen molar-refractivity contribution in [2.75, 3.05) is 26.4 Å². The van der Waals surface area contributed by atoms with Crippen LogP contribution in [0, 0.1) is 0 Å². The van der Waals surface area contributed by atoms with E-state index in [9.17, 15) is 24.2 Å². The van der Waals surface area contributed by atoms with Crippen LogP contribution in [0.1, 0.15) is 219 Å². The quantitative estimate of drug-likeness (QED) is 0.0233. The summed E-state index contributed by atoms with van der Waals surface area (Å²) in [6.45, 7) is 2.33. The summed E-state index contributed by atoms with van der Waals surface area (Å²) in [5, 5.41) is 18.4. The summed E-state index contributed by atoms with van der Waals surface area (Å²) in [6, 6.07) is 0. The fourth-order valence-electron chi connectivity index (χ4n) is 6.65. The summed E-state index contributed by atoms with van der Waals surface area (Å²) in [7, 11) is -4.64. The van der Waals surface area contributed by atoms with Gasteiger partial charge in [-0.15, -0.1) is 0 Å². The van der Waals surface area contributed by atoms with E-state index in [0.29, 0.717) is 19.3 Å². The standard InChI is InChI=1S/C50H91O10P/c1-3-5-7-9-11-13-15-17-19-21-22-23-24-26-27-29-31-33-35-37-39-41-49(53)57-45-48(46-59-61(55,56)58-44-47(52)43-51)60-50(54)42-40-38-36-34-32-30-28-25-20-18-16-14-12-10-8-6-4-2/h17-20,28,30,34,36,47-48,51-52H,3-16,21-27,29,31-33,35,37-46H2,1-2H3,(H,55,56)/b19-17+,20-18+,30-28+,36-34+/t47-,48+/m0/s1. The van der Waals surface area contributed by atoms with Crippen molar-refractivity contribution in [1.82, 2.24) is 0 Å². The van der Waals surface area contributed by atoms with Gasteiger partial charge in [-0.1, -0.05) is 184 Å². The van der Waals surface area contributed by atoms with Crippen molar-refractivity contribution in [3.63, 3.8) is 0 Å². The van der Waals surface area contributed by atoms with Gasteiger partial charge in [-0.25, -0.2) is 4.57 Å². The molecule has 0 saturated carbocycles. The summed E-state index contributed by atoms with van der Waals surface area (Å²) in [5.74, 6) is -0.982. The number of aliphatic hydroxyl groups is 2. The van der Waals surface area contributed by atoms with Crippen LogP contribution in [0.2, 0.25) is 0 Å². The van der Waals surface area contributed by atoms with Gasteiger partial charge >= 0.3 is 19.8 Å². The van der Waals surface area contributed by atoms with Crippen molar-refractivity contribution in [2.24, 2.45) is 0 Å². The molecule has 0 radical (unpaired) electrons. The number of rotatable bonds is 46. The maximum atomic E-state index is 12.6. The van der Waals surface area contributed by atoms with Crippen molar-refractivity contribution in [3.05, 3.63) is 48.6 Å². The molecule has 0 spiro atoms. The van der Waals surface area contributed by atoms with Gasteiger partial charge in [0.25, 0.3) is 0 Å². The zero-order valence-electron chi connectivity index (χ0n) is 38.9. The Bertz CT molecular complexity index is 1150. The van der Waals surface area contributed by atoms with Gasteiger partial charge < -0.3 is 24.6 Å². The van der Waals surface area contributed by atoms with Crippen LogP contribution >= 0.6 is 7.82 Å². The van der Waals surface area contributed by atoms with E-state index in [4.69, 9.17) is 23.6 Å². The van der Waals surface area contributed by atoms with Gasteiger partial charge in [0.2, 0.25) is 0 Å². The maximum Gasteiger partial charge on any atom is 0.472 e. The third-order valence-corrected chi connectivity index (χ3v) is 11.4. The molecule has 0 aromatic heterocycles. The Hall–Kier alpha value is -2.07. The van der Waals surface area contributed by atoms with E-state index in [2.05, 4.69) is 56.4 Å². The Morgan fingerprint density at radius 1 is 0.492 bits per heavy atom. The average molecular weight is 883 g/mol. The number of carbonyl (C=O) groups is 2. The lowest BCUT2D eigenvalue weighted by Gasteiger charge is -2.20. The fraction of sp³-hybridized carbons (Fsp3) is 0.800. The highest BCUT2D eigenvalue weighted by molar-refractivity contribution is 7.47. The van der Waals surface area contributed by atoms with Gasteiger partial charge in [0.1, 0.15) is 12.7 Å². The number of ether oxygens (including phenoxy) is 2. The molecule has 11 heteroatoms. The molecule has 356 valence electrons. The van der Waals surface area contributed by atoms with Crippen LogP contribution in [0.25, 0.3) is 0 Å². The van der Waals surface area contributed by atoms with Crippen LogP contribution in [-0.2, 0) is 32.7 Å². The Balaban J connectivity index is 4.26. The molecule has 0 heterocycles. The lowest BCUT2D eigenvalue weighted by molar-refractivity contribution is -0.161. The fourth-order valence-corrected chi connectivity index (χ4v) is 7.44. The zero-order chi connectivity index (χ0) is 44.8. The number of esters is 2. The molecule has 3 N–H and O–H groups in total. The zero-order valence-corrected chi connectivity index (χ0v) is 39.8. The van der Waals surface area contributed by atoms with Crippen LogP contribution in [0.3, 0.4) is 0 Å². The summed E-state index contributed by atoms with van der Waals surface area (Å²) in [6.07, 6.45) is 50.9. The van der Waals surface area contributed by atoms with Crippen molar-refractivity contribution < 1.29 is 47.8 Å². The molecule has 0 aliphatic carbocycles. The van der Waals surface area contributed by atoms with Crippen molar-refractivity contribution in [3.8, 4) is 0 Å². The molecule has 0 aromatic rings. The second-order valence-corrected chi connectivity index (χ2v) is 17.9. The third-order valence-electron chi connectivity index (χ3n) is 10.5. The third kappa shape index (κ3) is 45.8. The summed E-state index contributed by atoms with van der Waals surface area (Å²) in [5.41, 5.74) is 0. The molecule has 61 heavy (non-hydrogen) atoms. The number of phosphoric acid groups is 1. The van der Waals surface area contributed by atoms with Gasteiger partial charge in [-0.3, -0.25) is 18.6 Å². The number of carbonyl (C=O) groups excluding carboxylic acids is 2. The highest BCUT2D eigenvalue weighted by Gasteiger charge is 2.27. The number of phosphoric ester groups is 1. The molecule has 3 atom stereocenters. The predicted octanol–water partition coefficient (Wildman–Crippen LogP) is 13.7. The Morgan fingerprint density at radius 3 is 1.34 bits per heavy atom.